The molecule has 3 rings (SSSR count). The Morgan fingerprint density at radius 1 is 0.692 bits per heavy atom. The van der Waals surface area contributed by atoms with Gasteiger partial charge in [0, 0.05) is 17.1 Å². The molecule has 3 N–H and O–H groups in total. The van der Waals surface area contributed by atoms with Crippen LogP contribution in [0.25, 0.3) is 0 Å². The van der Waals surface area contributed by atoms with Gasteiger partial charge in [-0.1, -0.05) is 41.5 Å². The van der Waals surface area contributed by atoms with Crippen molar-refractivity contribution in [3.63, 3.8) is 0 Å². The van der Waals surface area contributed by atoms with Crippen LogP contribution in [0, 0.1) is 17.4 Å². The van der Waals surface area contributed by atoms with Crippen LogP contribution in [0.3, 0.4) is 0 Å². The lowest BCUT2D eigenvalue weighted by Gasteiger charge is -2.10. The van der Waals surface area contributed by atoms with Crippen molar-refractivity contribution in [2.75, 3.05) is 10.0 Å². The van der Waals surface area contributed by atoms with Crippen molar-refractivity contribution in [2.45, 2.75) is 11.8 Å². The van der Waals surface area contributed by atoms with Crippen LogP contribution in [0.1, 0.15) is 5.56 Å². The highest BCUT2D eigenvalue weighted by Crippen LogP contribution is 2.21. The number of aryl methyl sites for hydroxylation is 1. The Morgan fingerprint density at radius 3 is 1.77 bits per heavy atom. The van der Waals surface area contributed by atoms with Crippen molar-refractivity contribution in [1.29, 1.82) is 5.59 Å². The van der Waals surface area contributed by atoms with Crippen LogP contribution in [-0.4, -0.2) is 8.42 Å². The van der Waals surface area contributed by atoms with E-state index in [1.807, 2.05) is 49.4 Å². The molecule has 0 heterocycles. The molecular weight excluding hydrogens is 350 g/mol. The molecule has 0 saturated carbocycles. The molecule has 0 amide bonds. The van der Waals surface area contributed by atoms with E-state index in [1.165, 1.54) is 0 Å². The van der Waals surface area contributed by atoms with Crippen LogP contribution in [-0.2, 0) is 10.0 Å². The summed E-state index contributed by atoms with van der Waals surface area (Å²) in [5, 5.41) is 3.25. The van der Waals surface area contributed by atoms with Gasteiger partial charge in [-0.05, 0) is 55.5 Å². The van der Waals surface area contributed by atoms with E-state index in [0.29, 0.717) is 5.69 Å². The van der Waals surface area contributed by atoms with Crippen LogP contribution in [0.4, 0.5) is 17.1 Å². The Bertz CT molecular complexity index is 926. The standard InChI is InChI=1S/C19H18N2O2S.HNO/c1-15-7-13-19(14-8-15)24(22,23)21-18-11-9-17(10-12-18)20-16-5-3-2-4-6-16;1-2/h2-14,20-21H,1H3;1H. The van der Waals surface area contributed by atoms with Crippen LogP contribution in [0.5, 0.6) is 0 Å². The molecule has 0 bridgehead atoms. The fourth-order valence-electron chi connectivity index (χ4n) is 2.24. The molecule has 0 aliphatic heterocycles. The van der Waals surface area contributed by atoms with Crippen molar-refractivity contribution in [3.05, 3.63) is 89.3 Å². The summed E-state index contributed by atoms with van der Waals surface area (Å²) in [5.41, 5.74) is 7.91. The molecule has 0 radical (unpaired) electrons. The van der Waals surface area contributed by atoms with Gasteiger partial charge >= 0.3 is 0 Å². The van der Waals surface area contributed by atoms with Gasteiger partial charge in [0.2, 0.25) is 0 Å². The topological polar surface area (TPSA) is 99.1 Å². The number of rotatable bonds is 5. The maximum absolute atomic E-state index is 12.4. The lowest BCUT2D eigenvalue weighted by atomic mass is 10.2. The van der Waals surface area contributed by atoms with Crippen LogP contribution in [0.15, 0.2) is 83.8 Å². The summed E-state index contributed by atoms with van der Waals surface area (Å²) in [7, 11) is -3.57. The summed E-state index contributed by atoms with van der Waals surface area (Å²) in [5.74, 6) is 0. The zero-order valence-electron chi connectivity index (χ0n) is 14.1. The van der Waals surface area contributed by atoms with Gasteiger partial charge in [0.05, 0.1) is 4.90 Å². The van der Waals surface area contributed by atoms with E-state index in [2.05, 4.69) is 15.6 Å². The van der Waals surface area contributed by atoms with Crippen molar-refractivity contribution < 1.29 is 8.42 Å². The number of hydrogen-bond donors (Lipinski definition) is 3. The van der Waals surface area contributed by atoms with Gasteiger partial charge in [0.25, 0.3) is 10.0 Å². The molecule has 26 heavy (non-hydrogen) atoms. The predicted molar refractivity (Wildman–Crippen MR) is 104 cm³/mol. The van der Waals surface area contributed by atoms with Gasteiger partial charge in [0.1, 0.15) is 0 Å². The molecular formula is C19H19N3O3S. The highest BCUT2D eigenvalue weighted by molar-refractivity contribution is 7.92. The Kier molecular flexibility index (Phi) is 6.46. The average Bonchev–Trinajstić information content (AvgIpc) is 2.66. The molecule has 0 unspecified atom stereocenters. The number of sulfonamides is 1. The fourth-order valence-corrected chi connectivity index (χ4v) is 3.30. The highest BCUT2D eigenvalue weighted by atomic mass is 32.2. The first kappa shape index (κ1) is 19.1. The molecule has 0 aliphatic carbocycles. The minimum Gasteiger partial charge on any atom is -0.356 e. The van der Waals surface area contributed by atoms with Gasteiger partial charge in [-0.3, -0.25) is 4.72 Å². The first-order chi connectivity index (χ1) is 12.5. The maximum atomic E-state index is 12.4. The molecule has 0 spiro atoms. The molecule has 0 aromatic heterocycles. The molecule has 6 nitrogen and oxygen atoms in total. The molecule has 134 valence electrons. The summed E-state index contributed by atoms with van der Waals surface area (Å²) >= 11 is 0. The Morgan fingerprint density at radius 2 is 1.19 bits per heavy atom. The number of nitroso groups, excluding NO2 is 1. The molecule has 3 aromatic rings. The third-order valence-electron chi connectivity index (χ3n) is 3.53. The fraction of sp³-hybridized carbons (Fsp3) is 0.0526. The monoisotopic (exact) mass is 369 g/mol. The van der Waals surface area contributed by atoms with E-state index in [4.69, 9.17) is 4.91 Å². The smallest absolute Gasteiger partial charge is 0.261 e. The second kappa shape index (κ2) is 8.77. The summed E-state index contributed by atoms with van der Waals surface area (Å²) in [6, 6.07) is 23.7. The second-order valence-electron chi connectivity index (χ2n) is 5.49. The number of nitrogens with one attached hydrogen (secondary N) is 3. The summed E-state index contributed by atoms with van der Waals surface area (Å²) in [4.78, 5) is 7.75. The first-order valence-corrected chi connectivity index (χ1v) is 9.23. The third-order valence-corrected chi connectivity index (χ3v) is 4.93. The largest absolute Gasteiger partial charge is 0.356 e. The summed E-state index contributed by atoms with van der Waals surface area (Å²) in [6.07, 6.45) is 0. The zero-order valence-corrected chi connectivity index (χ0v) is 15.0. The summed E-state index contributed by atoms with van der Waals surface area (Å²) < 4.78 is 27.3. The predicted octanol–water partition coefficient (Wildman–Crippen LogP) is 4.87. The lowest BCUT2D eigenvalue weighted by Crippen LogP contribution is -2.12. The van der Waals surface area contributed by atoms with E-state index < -0.39 is 10.0 Å². The van der Waals surface area contributed by atoms with E-state index in [-0.39, 0.29) is 4.90 Å². The van der Waals surface area contributed by atoms with Crippen LogP contribution in [0.2, 0.25) is 0 Å². The molecule has 3 aromatic carbocycles. The normalized spacial score (nSPS) is 10.3. The van der Waals surface area contributed by atoms with Crippen molar-refractivity contribution in [3.8, 4) is 0 Å². The van der Waals surface area contributed by atoms with E-state index in [1.54, 1.807) is 36.4 Å². The summed E-state index contributed by atoms with van der Waals surface area (Å²) in [6.45, 7) is 1.92. The first-order valence-electron chi connectivity index (χ1n) is 7.75. The van der Waals surface area contributed by atoms with E-state index in [9.17, 15) is 8.42 Å². The van der Waals surface area contributed by atoms with Crippen molar-refractivity contribution in [1.82, 2.24) is 0 Å². The molecule has 7 heteroatoms. The van der Waals surface area contributed by atoms with Crippen LogP contribution < -0.4 is 10.0 Å². The number of anilines is 3. The van der Waals surface area contributed by atoms with Gasteiger partial charge in [0.15, 0.2) is 0 Å². The molecule has 0 fully saturated rings. The second-order valence-corrected chi connectivity index (χ2v) is 7.17. The van der Waals surface area contributed by atoms with E-state index >= 15 is 0 Å². The van der Waals surface area contributed by atoms with Gasteiger partial charge in [-0.25, -0.2) is 8.42 Å². The minimum absolute atomic E-state index is 0.250. The van der Waals surface area contributed by atoms with Crippen molar-refractivity contribution in [2.24, 2.45) is 0 Å². The van der Waals surface area contributed by atoms with Gasteiger partial charge < -0.3 is 5.32 Å². The number of benzene rings is 3. The maximum Gasteiger partial charge on any atom is 0.261 e. The molecule has 0 atom stereocenters. The Labute approximate surface area is 152 Å². The van der Waals surface area contributed by atoms with Gasteiger partial charge in [-0.15, -0.1) is 0 Å². The SMILES string of the molecule is Cc1ccc(S(=O)(=O)Nc2ccc(Nc3ccccc3)cc2)cc1.N=O. The molecule has 0 aliphatic rings. The van der Waals surface area contributed by atoms with Crippen LogP contribution >= 0.6 is 0 Å². The Balaban J connectivity index is 0.00000117. The van der Waals surface area contributed by atoms with E-state index in [0.717, 1.165) is 16.9 Å². The number of para-hydroxylation sites is 1. The molecule has 0 saturated heterocycles. The lowest BCUT2D eigenvalue weighted by molar-refractivity contribution is 0.601. The third kappa shape index (κ3) is 5.15. The Hall–Kier alpha value is -3.19. The quantitative estimate of drug-likeness (QED) is 0.559. The average molecular weight is 369 g/mol. The highest BCUT2D eigenvalue weighted by Gasteiger charge is 2.13. The van der Waals surface area contributed by atoms with Gasteiger partial charge in [-0.2, -0.15) is 4.91 Å². The minimum atomic E-state index is -3.57. The zero-order chi connectivity index (χ0) is 19.0. The number of hydrogen-bond acceptors (Lipinski definition) is 5. The van der Waals surface area contributed by atoms with Crippen molar-refractivity contribution >= 4 is 27.1 Å².